The number of thioether (sulfide) groups is 1. The van der Waals surface area contributed by atoms with E-state index in [-0.39, 0.29) is 49.2 Å². The first-order valence-corrected chi connectivity index (χ1v) is 10.9. The lowest BCUT2D eigenvalue weighted by Gasteiger charge is -2.39. The number of nitriles is 2. The van der Waals surface area contributed by atoms with Gasteiger partial charge >= 0.3 is 0 Å². The molecule has 1 aromatic rings. The molecule has 0 radical (unpaired) electrons. The molecule has 0 aromatic heterocycles. The summed E-state index contributed by atoms with van der Waals surface area (Å²) in [5.41, 5.74) is 1.86. The summed E-state index contributed by atoms with van der Waals surface area (Å²) in [7, 11) is 0. The third-order valence-electron chi connectivity index (χ3n) is 5.91. The second-order valence-electron chi connectivity index (χ2n) is 7.47. The number of halogens is 3. The summed E-state index contributed by atoms with van der Waals surface area (Å²) in [4.78, 5) is 19.3. The summed E-state index contributed by atoms with van der Waals surface area (Å²) in [5.74, 6) is 2.13. The Morgan fingerprint density at radius 2 is 1.74 bits per heavy atom. The zero-order valence-electron chi connectivity index (χ0n) is 17.0. The lowest BCUT2D eigenvalue weighted by Crippen LogP contribution is -2.51. The van der Waals surface area contributed by atoms with Crippen molar-refractivity contribution in [2.45, 2.75) is 18.5 Å². The van der Waals surface area contributed by atoms with Crippen LogP contribution in [0.2, 0.25) is 0 Å². The first-order chi connectivity index (χ1) is 13.7. The Hall–Kier alpha value is -1.39. The molecule has 0 saturated carbocycles. The Bertz CT molecular complexity index is 831. The number of piperazine rings is 1. The molecule has 1 unspecified atom stereocenters. The molecule has 11 heteroatoms. The van der Waals surface area contributed by atoms with Crippen molar-refractivity contribution in [3.8, 4) is 12.1 Å². The Kier molecular flexibility index (Phi) is 11.2. The minimum atomic E-state index is -0.0431. The Balaban J connectivity index is 0.00000160. The van der Waals surface area contributed by atoms with E-state index in [4.69, 9.17) is 5.26 Å². The van der Waals surface area contributed by atoms with Crippen molar-refractivity contribution in [1.82, 2.24) is 15.1 Å². The average Bonchev–Trinajstić information content (AvgIpc) is 3.45. The summed E-state index contributed by atoms with van der Waals surface area (Å²) in [6.07, 6.45) is 0.884. The molecular weight excluding hydrogens is 479 g/mol. The molecule has 0 spiro atoms. The molecule has 0 bridgehead atoms. The molecule has 4 rings (SSSR count). The average molecular weight is 506 g/mol. The second-order valence-corrected chi connectivity index (χ2v) is 8.54. The normalized spacial score (nSPS) is 23.0. The molecule has 3 aliphatic rings. The Morgan fingerprint density at radius 3 is 2.35 bits per heavy atom. The van der Waals surface area contributed by atoms with E-state index >= 15 is 0 Å². The van der Waals surface area contributed by atoms with Crippen molar-refractivity contribution in [2.75, 3.05) is 55.8 Å². The van der Waals surface area contributed by atoms with Crippen molar-refractivity contribution in [3.63, 3.8) is 0 Å². The molecule has 1 N–H and O–H groups in total. The van der Waals surface area contributed by atoms with Gasteiger partial charge in [0.2, 0.25) is 5.91 Å². The van der Waals surface area contributed by atoms with Gasteiger partial charge in [0.25, 0.3) is 0 Å². The molecule has 3 saturated heterocycles. The zero-order valence-corrected chi connectivity index (χ0v) is 20.3. The van der Waals surface area contributed by atoms with Gasteiger partial charge in [-0.15, -0.1) is 49.0 Å². The number of hydrogen-bond acceptors (Lipinski definition) is 7. The number of benzene rings is 1. The molecule has 3 aliphatic heterocycles. The maximum atomic E-state index is 12.6. The molecule has 1 amide bonds. The number of hydrogen-bond donors (Lipinski definition) is 1. The van der Waals surface area contributed by atoms with Crippen molar-refractivity contribution >= 4 is 60.6 Å². The van der Waals surface area contributed by atoms with E-state index in [1.165, 1.54) is 0 Å². The Labute approximate surface area is 206 Å². The third-order valence-corrected chi connectivity index (χ3v) is 6.88. The highest BCUT2D eigenvalue weighted by atomic mass is 35.5. The lowest BCUT2D eigenvalue weighted by atomic mass is 10.1. The standard InChI is InChI=1S/C20H24N6OS.3ClH/c21-11-15-1-2-17(9-16(15)12-22)24-3-5-25(6-4-24)18-10-19(23-13-18)20(27)26-7-8-28-14-26;;;/h1-2,9,18-19,23H,3-8,10,13-14H2;3*1H/t18?,19-;;;/m0.../s1. The van der Waals surface area contributed by atoms with Crippen LogP contribution in [0.5, 0.6) is 0 Å². The van der Waals surface area contributed by atoms with E-state index in [1.54, 1.807) is 6.07 Å². The maximum absolute atomic E-state index is 12.6. The largest absolute Gasteiger partial charge is 0.369 e. The van der Waals surface area contributed by atoms with Crippen LogP contribution in [0.4, 0.5) is 5.69 Å². The summed E-state index contributed by atoms with van der Waals surface area (Å²) >= 11 is 1.82. The molecule has 3 heterocycles. The highest BCUT2D eigenvalue weighted by molar-refractivity contribution is 7.99. The maximum Gasteiger partial charge on any atom is 0.240 e. The molecule has 2 atom stereocenters. The predicted molar refractivity (Wildman–Crippen MR) is 131 cm³/mol. The summed E-state index contributed by atoms with van der Waals surface area (Å²) < 4.78 is 0. The van der Waals surface area contributed by atoms with Crippen LogP contribution < -0.4 is 10.2 Å². The first-order valence-electron chi connectivity index (χ1n) is 9.73. The number of anilines is 1. The molecular formula is C20H27Cl3N6OS. The molecule has 1 aromatic carbocycles. The topological polar surface area (TPSA) is 86.4 Å². The van der Waals surface area contributed by atoms with Gasteiger partial charge in [-0.25, -0.2) is 0 Å². The molecule has 170 valence electrons. The van der Waals surface area contributed by atoms with Gasteiger partial charge in [0.1, 0.15) is 12.1 Å². The molecule has 7 nitrogen and oxygen atoms in total. The molecule has 3 fully saturated rings. The lowest BCUT2D eigenvalue weighted by molar-refractivity contribution is -0.131. The van der Waals surface area contributed by atoms with Gasteiger partial charge < -0.3 is 15.1 Å². The van der Waals surface area contributed by atoms with Gasteiger partial charge in [-0.1, -0.05) is 0 Å². The predicted octanol–water partition coefficient (Wildman–Crippen LogP) is 2.08. The quantitative estimate of drug-likeness (QED) is 0.673. The van der Waals surface area contributed by atoms with Gasteiger partial charge in [-0.2, -0.15) is 10.5 Å². The SMILES string of the molecule is Cl.Cl.Cl.N#Cc1ccc(N2CCN(C3CN[C@H](C(=O)N4CCSC4)C3)CC2)cc1C#N. The first kappa shape index (κ1) is 27.6. The van der Waals surface area contributed by atoms with Gasteiger partial charge in [0, 0.05) is 56.8 Å². The fourth-order valence-corrected chi connectivity index (χ4v) is 5.21. The third kappa shape index (κ3) is 6.10. The van der Waals surface area contributed by atoms with Crippen molar-refractivity contribution in [2.24, 2.45) is 0 Å². The number of carbonyl (C=O) groups excluding carboxylic acids is 1. The number of amides is 1. The smallest absolute Gasteiger partial charge is 0.240 e. The van der Waals surface area contributed by atoms with Crippen LogP contribution in [0.15, 0.2) is 18.2 Å². The summed E-state index contributed by atoms with van der Waals surface area (Å²) in [6.45, 7) is 5.39. The van der Waals surface area contributed by atoms with E-state index in [2.05, 4.69) is 27.3 Å². The van der Waals surface area contributed by atoms with Crippen LogP contribution in [0, 0.1) is 22.7 Å². The van der Waals surface area contributed by atoms with Crippen LogP contribution in [-0.4, -0.2) is 78.7 Å². The van der Waals surface area contributed by atoms with Crippen molar-refractivity contribution in [3.05, 3.63) is 29.3 Å². The van der Waals surface area contributed by atoms with Gasteiger partial charge in [0.05, 0.1) is 23.0 Å². The zero-order chi connectivity index (χ0) is 19.5. The summed E-state index contributed by atoms with van der Waals surface area (Å²) in [6, 6.07) is 10.0. The van der Waals surface area contributed by atoms with Gasteiger partial charge in [0.15, 0.2) is 0 Å². The molecule has 0 aliphatic carbocycles. The molecule has 31 heavy (non-hydrogen) atoms. The fraction of sp³-hybridized carbons (Fsp3) is 0.550. The second kappa shape index (κ2) is 12.6. The number of rotatable bonds is 3. The van der Waals surface area contributed by atoms with E-state index in [0.717, 1.165) is 63.0 Å². The van der Waals surface area contributed by atoms with Gasteiger partial charge in [-0.05, 0) is 24.6 Å². The highest BCUT2D eigenvalue weighted by Crippen LogP contribution is 2.24. The van der Waals surface area contributed by atoms with Crippen LogP contribution in [0.1, 0.15) is 17.5 Å². The van der Waals surface area contributed by atoms with Crippen LogP contribution in [-0.2, 0) is 4.79 Å². The van der Waals surface area contributed by atoms with Crippen LogP contribution >= 0.6 is 49.0 Å². The fourth-order valence-electron chi connectivity index (χ4n) is 4.26. The minimum Gasteiger partial charge on any atom is -0.369 e. The number of nitrogens with one attached hydrogen (secondary N) is 1. The van der Waals surface area contributed by atoms with E-state index in [0.29, 0.717) is 17.2 Å². The number of carbonyl (C=O) groups is 1. The monoisotopic (exact) mass is 504 g/mol. The van der Waals surface area contributed by atoms with Gasteiger partial charge in [-0.3, -0.25) is 9.69 Å². The van der Waals surface area contributed by atoms with Crippen molar-refractivity contribution < 1.29 is 4.79 Å². The highest BCUT2D eigenvalue weighted by Gasteiger charge is 2.36. The summed E-state index contributed by atoms with van der Waals surface area (Å²) in [5, 5.41) is 21.7. The van der Waals surface area contributed by atoms with E-state index in [1.807, 2.05) is 28.8 Å². The van der Waals surface area contributed by atoms with Crippen LogP contribution in [0.25, 0.3) is 0 Å². The number of nitrogens with zero attached hydrogens (tertiary/aromatic N) is 5. The van der Waals surface area contributed by atoms with E-state index in [9.17, 15) is 10.1 Å². The Morgan fingerprint density at radius 1 is 1.03 bits per heavy atom. The van der Waals surface area contributed by atoms with E-state index < -0.39 is 0 Å². The van der Waals surface area contributed by atoms with Crippen molar-refractivity contribution in [1.29, 1.82) is 10.5 Å². The minimum absolute atomic E-state index is 0. The van der Waals surface area contributed by atoms with Crippen LogP contribution in [0.3, 0.4) is 0 Å².